The van der Waals surface area contributed by atoms with Crippen LogP contribution in [0.4, 0.5) is 11.4 Å². The second kappa shape index (κ2) is 10.3. The Bertz CT molecular complexity index is 788. The van der Waals surface area contributed by atoms with Gasteiger partial charge < -0.3 is 34.3 Å². The van der Waals surface area contributed by atoms with Crippen molar-refractivity contribution in [2.75, 3.05) is 49.7 Å². The molecule has 0 bridgehead atoms. The summed E-state index contributed by atoms with van der Waals surface area (Å²) >= 11 is 0. The first-order valence-corrected chi connectivity index (χ1v) is 10.5. The minimum atomic E-state index is -1.21. The van der Waals surface area contributed by atoms with Crippen molar-refractivity contribution >= 4 is 23.3 Å². The van der Waals surface area contributed by atoms with Crippen LogP contribution in [0.5, 0.6) is 11.5 Å². The molecular formula is C22H29N2O6-. The van der Waals surface area contributed by atoms with Gasteiger partial charge in [0.1, 0.15) is 11.5 Å². The van der Waals surface area contributed by atoms with Gasteiger partial charge in [0.25, 0.3) is 0 Å². The van der Waals surface area contributed by atoms with Crippen LogP contribution in [0.1, 0.15) is 26.7 Å². The number of nitrogens with zero attached hydrogens (tertiary/aromatic N) is 1. The monoisotopic (exact) mass is 417 g/mol. The third kappa shape index (κ3) is 5.05. The summed E-state index contributed by atoms with van der Waals surface area (Å²) in [6.07, 6.45) is 4.26. The van der Waals surface area contributed by atoms with Gasteiger partial charge in [0.15, 0.2) is 0 Å². The summed E-state index contributed by atoms with van der Waals surface area (Å²) in [5.41, 5.74) is 1.35. The number of amides is 1. The normalized spacial score (nSPS) is 21.2. The first-order chi connectivity index (χ1) is 14.5. The second-order valence-electron chi connectivity index (χ2n) is 7.25. The van der Waals surface area contributed by atoms with E-state index in [-0.39, 0.29) is 5.91 Å². The van der Waals surface area contributed by atoms with Crippen LogP contribution in [0.25, 0.3) is 0 Å². The largest absolute Gasteiger partial charge is 0.550 e. The number of anilines is 2. The Balaban J connectivity index is 1.90. The summed E-state index contributed by atoms with van der Waals surface area (Å²) in [4.78, 5) is 26.6. The Morgan fingerprint density at radius 1 is 1.07 bits per heavy atom. The first-order valence-electron chi connectivity index (χ1n) is 10.5. The van der Waals surface area contributed by atoms with Crippen molar-refractivity contribution in [3.05, 3.63) is 24.3 Å². The lowest BCUT2D eigenvalue weighted by Gasteiger charge is -2.31. The van der Waals surface area contributed by atoms with Crippen LogP contribution in [0, 0.1) is 11.8 Å². The molecule has 1 aliphatic heterocycles. The standard InChI is InChI=1S/C22H30N2O6/c1-3-29-19-14-18(24-9-11-28-12-10-24)20(30-4-2)13-17(19)23-21(25)15-7-5-6-8-16(15)22(26)27/h5-6,13-16H,3-4,7-12H2,1-2H3,(H,23,25)(H,26,27)/p-1/t15-,16+/m0/s1. The fourth-order valence-electron chi connectivity index (χ4n) is 3.83. The molecule has 3 rings (SSSR count). The van der Waals surface area contributed by atoms with E-state index >= 15 is 0 Å². The van der Waals surface area contributed by atoms with Gasteiger partial charge in [-0.2, -0.15) is 0 Å². The molecule has 164 valence electrons. The van der Waals surface area contributed by atoms with E-state index in [0.717, 1.165) is 18.8 Å². The van der Waals surface area contributed by atoms with Gasteiger partial charge in [-0.25, -0.2) is 0 Å². The number of aliphatic carboxylic acids is 1. The summed E-state index contributed by atoms with van der Waals surface area (Å²) in [6.45, 7) is 7.40. The molecule has 30 heavy (non-hydrogen) atoms. The molecule has 1 N–H and O–H groups in total. The Kier molecular flexibility index (Phi) is 7.57. The molecule has 0 spiro atoms. The maximum Gasteiger partial charge on any atom is 0.228 e. The molecule has 0 saturated carbocycles. The Hall–Kier alpha value is -2.74. The summed E-state index contributed by atoms with van der Waals surface area (Å²) in [5, 5.41) is 14.3. The molecule has 1 aromatic carbocycles. The van der Waals surface area contributed by atoms with Gasteiger partial charge in [0.05, 0.1) is 43.7 Å². The number of nitrogens with one attached hydrogen (secondary N) is 1. The van der Waals surface area contributed by atoms with E-state index in [2.05, 4.69) is 10.2 Å². The zero-order valence-electron chi connectivity index (χ0n) is 17.5. The molecule has 2 atom stereocenters. The van der Waals surface area contributed by atoms with Crippen LogP contribution in [-0.4, -0.2) is 51.4 Å². The zero-order valence-corrected chi connectivity index (χ0v) is 17.5. The van der Waals surface area contributed by atoms with Crippen molar-refractivity contribution < 1.29 is 28.9 Å². The van der Waals surface area contributed by atoms with Gasteiger partial charge >= 0.3 is 0 Å². The van der Waals surface area contributed by atoms with Crippen LogP contribution < -0.4 is 24.8 Å². The average molecular weight is 417 g/mol. The van der Waals surface area contributed by atoms with Crippen molar-refractivity contribution in [2.45, 2.75) is 26.7 Å². The highest BCUT2D eigenvalue weighted by atomic mass is 16.5. The number of rotatable bonds is 8. The number of carboxylic acids is 1. The van der Waals surface area contributed by atoms with Crippen molar-refractivity contribution in [1.82, 2.24) is 0 Å². The highest BCUT2D eigenvalue weighted by molar-refractivity contribution is 5.97. The fraction of sp³-hybridized carbons (Fsp3) is 0.545. The number of benzene rings is 1. The number of allylic oxidation sites excluding steroid dienone is 2. The fourth-order valence-corrected chi connectivity index (χ4v) is 3.83. The lowest BCUT2D eigenvalue weighted by molar-refractivity contribution is -0.313. The Labute approximate surface area is 176 Å². The highest BCUT2D eigenvalue weighted by Gasteiger charge is 2.31. The maximum atomic E-state index is 12.9. The van der Waals surface area contributed by atoms with Crippen LogP contribution in [0.3, 0.4) is 0 Å². The summed E-state index contributed by atoms with van der Waals surface area (Å²) < 4.78 is 17.1. The third-order valence-corrected chi connectivity index (χ3v) is 5.34. The number of hydrogen-bond acceptors (Lipinski definition) is 7. The van der Waals surface area contributed by atoms with Gasteiger partial charge in [0.2, 0.25) is 5.91 Å². The molecule has 8 nitrogen and oxygen atoms in total. The molecule has 0 aromatic heterocycles. The summed E-state index contributed by atoms with van der Waals surface area (Å²) in [6, 6.07) is 3.62. The number of ether oxygens (including phenoxy) is 3. The van der Waals surface area contributed by atoms with Crippen molar-refractivity contribution in [3.8, 4) is 11.5 Å². The molecule has 2 aliphatic rings. The number of carbonyl (C=O) groups excluding carboxylic acids is 2. The summed E-state index contributed by atoms with van der Waals surface area (Å²) in [7, 11) is 0. The molecule has 1 heterocycles. The lowest BCUT2D eigenvalue weighted by Crippen LogP contribution is -2.41. The van der Waals surface area contributed by atoms with Gasteiger partial charge in [-0.15, -0.1) is 0 Å². The molecule has 1 aliphatic carbocycles. The molecule has 0 radical (unpaired) electrons. The van der Waals surface area contributed by atoms with E-state index in [1.165, 1.54) is 0 Å². The van der Waals surface area contributed by atoms with Crippen LogP contribution in [0.15, 0.2) is 24.3 Å². The van der Waals surface area contributed by atoms with Crippen LogP contribution in [0.2, 0.25) is 0 Å². The number of hydrogen-bond donors (Lipinski definition) is 1. The topological polar surface area (TPSA) is 100 Å². The van der Waals surface area contributed by atoms with E-state index in [4.69, 9.17) is 14.2 Å². The first kappa shape index (κ1) is 22.0. The average Bonchev–Trinajstić information content (AvgIpc) is 2.76. The van der Waals surface area contributed by atoms with E-state index in [9.17, 15) is 14.7 Å². The van der Waals surface area contributed by atoms with Gasteiger partial charge in [-0.1, -0.05) is 12.2 Å². The minimum absolute atomic E-state index is 0.291. The van der Waals surface area contributed by atoms with Crippen molar-refractivity contribution in [3.63, 3.8) is 0 Å². The van der Waals surface area contributed by atoms with E-state index in [1.807, 2.05) is 26.0 Å². The van der Waals surface area contributed by atoms with Crippen LogP contribution >= 0.6 is 0 Å². The van der Waals surface area contributed by atoms with E-state index in [0.29, 0.717) is 56.5 Å². The molecule has 1 saturated heterocycles. The quantitative estimate of drug-likeness (QED) is 0.641. The van der Waals surface area contributed by atoms with Crippen molar-refractivity contribution in [2.24, 2.45) is 11.8 Å². The third-order valence-electron chi connectivity index (χ3n) is 5.34. The van der Waals surface area contributed by atoms with Gasteiger partial charge in [-0.05, 0) is 26.7 Å². The molecule has 1 aromatic rings. The molecule has 0 unspecified atom stereocenters. The van der Waals surface area contributed by atoms with E-state index in [1.54, 1.807) is 12.1 Å². The van der Waals surface area contributed by atoms with Crippen LogP contribution in [-0.2, 0) is 14.3 Å². The van der Waals surface area contributed by atoms with Crippen molar-refractivity contribution in [1.29, 1.82) is 0 Å². The van der Waals surface area contributed by atoms with Gasteiger partial charge in [0, 0.05) is 37.1 Å². The predicted octanol–water partition coefficient (Wildman–Crippen LogP) is 1.59. The molecule has 1 fully saturated rings. The zero-order chi connectivity index (χ0) is 21.5. The number of carboxylic acid groups (broad SMARTS) is 1. The highest BCUT2D eigenvalue weighted by Crippen LogP contribution is 2.40. The molecule has 1 amide bonds. The smallest absolute Gasteiger partial charge is 0.228 e. The predicted molar refractivity (Wildman–Crippen MR) is 111 cm³/mol. The lowest BCUT2D eigenvalue weighted by atomic mass is 9.82. The Morgan fingerprint density at radius 3 is 2.33 bits per heavy atom. The molecule has 8 heteroatoms. The SMILES string of the molecule is CCOc1cc(N2CCOCC2)c(OCC)cc1NC(=O)[C@H]1CC=CC[C@H]1C(=O)[O-]. The minimum Gasteiger partial charge on any atom is -0.550 e. The Morgan fingerprint density at radius 2 is 1.70 bits per heavy atom. The van der Waals surface area contributed by atoms with E-state index < -0.39 is 17.8 Å². The number of carbonyl (C=O) groups is 2. The second-order valence-corrected chi connectivity index (χ2v) is 7.25. The summed E-state index contributed by atoms with van der Waals surface area (Å²) in [5.74, 6) is -1.95. The maximum absolute atomic E-state index is 12.9. The number of morpholine rings is 1. The molecular weight excluding hydrogens is 388 g/mol. The van der Waals surface area contributed by atoms with Gasteiger partial charge in [-0.3, -0.25) is 4.79 Å².